The van der Waals surface area contributed by atoms with Crippen molar-refractivity contribution in [3.05, 3.63) is 76.7 Å². The molecule has 6 rings (SSSR count). The van der Waals surface area contributed by atoms with Crippen molar-refractivity contribution >= 4 is 28.4 Å². The zero-order valence-corrected chi connectivity index (χ0v) is 19.4. The van der Waals surface area contributed by atoms with Crippen LogP contribution in [0.4, 0.5) is 17.3 Å². The fourth-order valence-electron chi connectivity index (χ4n) is 5.12. The predicted molar refractivity (Wildman–Crippen MR) is 134 cm³/mol. The predicted octanol–water partition coefficient (Wildman–Crippen LogP) is 4.14. The number of hydrogen-bond donors (Lipinski definition) is 1. The van der Waals surface area contributed by atoms with Crippen LogP contribution >= 0.6 is 0 Å². The molecule has 4 aromatic rings. The number of nitrogens with one attached hydrogen (secondary N) is 1. The molecule has 2 aromatic carbocycles. The molecule has 2 aromatic heterocycles. The molecule has 2 fully saturated rings. The number of nitro benzene ring substituents is 1. The van der Waals surface area contributed by atoms with Crippen LogP contribution in [-0.2, 0) is 0 Å². The summed E-state index contributed by atoms with van der Waals surface area (Å²) in [4.78, 5) is 29.4. The van der Waals surface area contributed by atoms with E-state index in [1.165, 1.54) is 31.1 Å². The third-order valence-electron chi connectivity index (χ3n) is 6.99. The quantitative estimate of drug-likeness (QED) is 0.331. The van der Waals surface area contributed by atoms with Gasteiger partial charge in [-0.05, 0) is 49.6 Å². The number of non-ortho nitro benzene ring substituents is 1. The van der Waals surface area contributed by atoms with Crippen molar-refractivity contribution in [2.45, 2.75) is 31.8 Å². The van der Waals surface area contributed by atoms with Gasteiger partial charge in [0.05, 0.1) is 28.7 Å². The van der Waals surface area contributed by atoms with Crippen LogP contribution in [0.2, 0.25) is 0 Å². The van der Waals surface area contributed by atoms with E-state index in [0.29, 0.717) is 17.8 Å². The number of imidazole rings is 1. The van der Waals surface area contributed by atoms with E-state index in [1.54, 1.807) is 24.7 Å². The van der Waals surface area contributed by atoms with Gasteiger partial charge in [0.2, 0.25) is 5.95 Å². The van der Waals surface area contributed by atoms with Gasteiger partial charge in [0.15, 0.2) is 0 Å². The monoisotopic (exact) mass is 470 g/mol. The molecule has 4 heterocycles. The van der Waals surface area contributed by atoms with Crippen LogP contribution < -0.4 is 10.2 Å². The molecule has 2 saturated heterocycles. The van der Waals surface area contributed by atoms with Crippen LogP contribution in [0.15, 0.2) is 61.1 Å². The summed E-state index contributed by atoms with van der Waals surface area (Å²) >= 11 is 0. The first-order valence-electron chi connectivity index (χ1n) is 11.9. The molecular weight excluding hydrogens is 444 g/mol. The third kappa shape index (κ3) is 4.06. The maximum absolute atomic E-state index is 11.1. The van der Waals surface area contributed by atoms with Crippen molar-refractivity contribution in [1.82, 2.24) is 24.4 Å². The van der Waals surface area contributed by atoms with Crippen LogP contribution in [0.5, 0.6) is 0 Å². The number of hydrogen-bond acceptors (Lipinski definition) is 8. The van der Waals surface area contributed by atoms with Crippen LogP contribution in [0.25, 0.3) is 16.9 Å². The fraction of sp³-hybridized carbons (Fsp3) is 0.320. The van der Waals surface area contributed by atoms with E-state index < -0.39 is 4.92 Å². The Labute approximate surface area is 202 Å². The summed E-state index contributed by atoms with van der Waals surface area (Å²) in [7, 11) is 0. The average Bonchev–Trinajstić information content (AvgIpc) is 3.59. The molecule has 2 aliphatic rings. The highest BCUT2D eigenvalue weighted by atomic mass is 16.6. The zero-order chi connectivity index (χ0) is 23.9. The van der Waals surface area contributed by atoms with Crippen molar-refractivity contribution in [3.8, 4) is 5.82 Å². The molecule has 35 heavy (non-hydrogen) atoms. The number of nitrogens with zero attached hydrogens (tertiary/aromatic N) is 7. The van der Waals surface area contributed by atoms with Crippen molar-refractivity contribution < 1.29 is 4.92 Å². The molecule has 1 unspecified atom stereocenters. The molecule has 0 bridgehead atoms. The van der Waals surface area contributed by atoms with Gasteiger partial charge in [0, 0.05) is 43.1 Å². The van der Waals surface area contributed by atoms with E-state index in [-0.39, 0.29) is 11.7 Å². The Bertz CT molecular complexity index is 1390. The Hall–Kier alpha value is -4.05. The molecule has 0 radical (unpaired) electrons. The molecular formula is C25H26N8O2. The van der Waals surface area contributed by atoms with Gasteiger partial charge in [-0.25, -0.2) is 9.97 Å². The SMILES string of the molecule is C[C@H](Nc1nccc(-n2cnc3cc(N4CC5CCCN5C4)ccc32)n1)c1cccc([N+](=O)[O-])c1. The van der Waals surface area contributed by atoms with Crippen molar-refractivity contribution in [1.29, 1.82) is 0 Å². The van der Waals surface area contributed by atoms with Gasteiger partial charge in [-0.1, -0.05) is 12.1 Å². The molecule has 2 aliphatic heterocycles. The van der Waals surface area contributed by atoms with Gasteiger partial charge in [0.1, 0.15) is 12.1 Å². The first kappa shape index (κ1) is 21.5. The molecule has 10 heteroatoms. The molecule has 0 aliphatic carbocycles. The first-order valence-corrected chi connectivity index (χ1v) is 11.9. The summed E-state index contributed by atoms with van der Waals surface area (Å²) < 4.78 is 1.95. The number of rotatable bonds is 6. The van der Waals surface area contributed by atoms with Crippen LogP contribution in [0.3, 0.4) is 0 Å². The minimum Gasteiger partial charge on any atom is -0.357 e. The van der Waals surface area contributed by atoms with Crippen molar-refractivity contribution in [2.75, 3.05) is 30.0 Å². The standard InChI is InChI=1S/C25H26N8O2/c1-17(18-4-2-5-20(12-18)33(34)35)28-25-26-10-9-24(29-25)32-15-27-22-13-19(7-8-23(22)32)31-14-21-6-3-11-30(21)16-31/h2,4-5,7-10,12-13,15,17,21H,3,6,11,14,16H2,1H3,(H,26,28,29)/t17-,21?/m0/s1. The van der Waals surface area contributed by atoms with E-state index in [1.807, 2.05) is 23.6 Å². The van der Waals surface area contributed by atoms with Gasteiger partial charge >= 0.3 is 0 Å². The number of aromatic nitrogens is 4. The number of fused-ring (bicyclic) bond motifs is 2. The Kier molecular flexibility index (Phi) is 5.29. The molecule has 0 amide bonds. The number of benzene rings is 2. The Balaban J connectivity index is 1.23. The second-order valence-corrected chi connectivity index (χ2v) is 9.22. The lowest BCUT2D eigenvalue weighted by Gasteiger charge is -2.19. The maximum atomic E-state index is 11.1. The lowest BCUT2D eigenvalue weighted by atomic mass is 10.1. The van der Waals surface area contributed by atoms with Crippen LogP contribution in [-0.4, -0.2) is 55.1 Å². The number of anilines is 2. The molecule has 0 spiro atoms. The minimum absolute atomic E-state index is 0.0596. The smallest absolute Gasteiger partial charge is 0.269 e. The summed E-state index contributed by atoms with van der Waals surface area (Å²) in [5.41, 5.74) is 3.95. The normalized spacial score (nSPS) is 18.7. The van der Waals surface area contributed by atoms with Gasteiger partial charge in [-0.2, -0.15) is 4.98 Å². The van der Waals surface area contributed by atoms with Crippen molar-refractivity contribution in [2.24, 2.45) is 0 Å². The van der Waals surface area contributed by atoms with Gasteiger partial charge < -0.3 is 10.2 Å². The summed E-state index contributed by atoms with van der Waals surface area (Å²) in [5, 5.41) is 14.4. The highest BCUT2D eigenvalue weighted by Gasteiger charge is 2.33. The fourth-order valence-corrected chi connectivity index (χ4v) is 5.12. The average molecular weight is 471 g/mol. The Morgan fingerprint density at radius 2 is 2.09 bits per heavy atom. The van der Waals surface area contributed by atoms with Crippen LogP contribution in [0, 0.1) is 10.1 Å². The second-order valence-electron chi connectivity index (χ2n) is 9.22. The highest BCUT2D eigenvalue weighted by molar-refractivity contribution is 5.81. The van der Waals surface area contributed by atoms with E-state index >= 15 is 0 Å². The van der Waals surface area contributed by atoms with E-state index in [2.05, 4.69) is 48.3 Å². The molecule has 0 saturated carbocycles. The van der Waals surface area contributed by atoms with E-state index in [9.17, 15) is 10.1 Å². The highest BCUT2D eigenvalue weighted by Crippen LogP contribution is 2.30. The van der Waals surface area contributed by atoms with Crippen LogP contribution in [0.1, 0.15) is 31.4 Å². The molecule has 2 atom stereocenters. The zero-order valence-electron chi connectivity index (χ0n) is 19.4. The van der Waals surface area contributed by atoms with Gasteiger partial charge in [-0.3, -0.25) is 19.6 Å². The van der Waals surface area contributed by atoms with E-state index in [0.717, 1.165) is 29.8 Å². The third-order valence-corrected chi connectivity index (χ3v) is 6.99. The minimum atomic E-state index is -0.393. The summed E-state index contributed by atoms with van der Waals surface area (Å²) in [6.07, 6.45) is 6.08. The van der Waals surface area contributed by atoms with Gasteiger partial charge in [-0.15, -0.1) is 0 Å². The molecule has 1 N–H and O–H groups in total. The molecule has 10 nitrogen and oxygen atoms in total. The van der Waals surface area contributed by atoms with Crippen molar-refractivity contribution in [3.63, 3.8) is 0 Å². The topological polar surface area (TPSA) is 105 Å². The largest absolute Gasteiger partial charge is 0.357 e. The number of nitro groups is 1. The summed E-state index contributed by atoms with van der Waals surface area (Å²) in [6, 6.07) is 15.3. The van der Waals surface area contributed by atoms with Gasteiger partial charge in [0.25, 0.3) is 5.69 Å². The lowest BCUT2D eigenvalue weighted by molar-refractivity contribution is -0.384. The molecule has 178 valence electrons. The maximum Gasteiger partial charge on any atom is 0.269 e. The lowest BCUT2D eigenvalue weighted by Crippen LogP contribution is -2.25. The Morgan fingerprint density at radius 1 is 1.17 bits per heavy atom. The summed E-state index contributed by atoms with van der Waals surface area (Å²) in [5.74, 6) is 1.14. The summed E-state index contributed by atoms with van der Waals surface area (Å²) in [6.45, 7) is 5.19. The second kappa shape index (κ2) is 8.62. The van der Waals surface area contributed by atoms with E-state index in [4.69, 9.17) is 0 Å². The first-order chi connectivity index (χ1) is 17.0. The Morgan fingerprint density at radius 3 is 2.94 bits per heavy atom.